The molecule has 0 spiro atoms. The van der Waals surface area contributed by atoms with Crippen LogP contribution in [0.15, 0.2) is 24.3 Å². The molecule has 2 atom stereocenters. The minimum absolute atomic E-state index is 0. The van der Waals surface area contributed by atoms with Crippen molar-refractivity contribution in [2.75, 3.05) is 6.54 Å². The van der Waals surface area contributed by atoms with Gasteiger partial charge in [0.25, 0.3) is 0 Å². The molecule has 4 heteroatoms. The normalized spacial score (nSPS) is 19.1. The van der Waals surface area contributed by atoms with Gasteiger partial charge in [-0.3, -0.25) is 4.79 Å². The number of carbonyl (C=O) groups excluding carboxylic acids is 1. The van der Waals surface area contributed by atoms with Crippen molar-refractivity contribution in [3.05, 3.63) is 35.4 Å². The Balaban J connectivity index is 0.00000220. The minimum Gasteiger partial charge on any atom is -0.352 e. The molecule has 1 fully saturated rings. The van der Waals surface area contributed by atoms with Crippen molar-refractivity contribution in [1.29, 1.82) is 0 Å². The molecule has 3 nitrogen and oxygen atoms in total. The first-order valence-electron chi connectivity index (χ1n) is 7.69. The molecule has 118 valence electrons. The van der Waals surface area contributed by atoms with E-state index in [1.54, 1.807) is 0 Å². The van der Waals surface area contributed by atoms with E-state index >= 15 is 0 Å². The summed E-state index contributed by atoms with van der Waals surface area (Å²) in [5.41, 5.74) is 2.64. The topological polar surface area (TPSA) is 41.1 Å². The lowest BCUT2D eigenvalue weighted by atomic mass is 9.99. The summed E-state index contributed by atoms with van der Waals surface area (Å²) in [6.07, 6.45) is 2.95. The lowest BCUT2D eigenvalue weighted by molar-refractivity contribution is -0.123. The van der Waals surface area contributed by atoms with Gasteiger partial charge in [-0.05, 0) is 49.8 Å². The van der Waals surface area contributed by atoms with Gasteiger partial charge in [0.15, 0.2) is 0 Å². The van der Waals surface area contributed by atoms with E-state index in [4.69, 9.17) is 0 Å². The van der Waals surface area contributed by atoms with Crippen LogP contribution < -0.4 is 10.6 Å². The molecule has 1 amide bonds. The number of nitrogens with one attached hydrogen (secondary N) is 2. The minimum atomic E-state index is 0. The van der Waals surface area contributed by atoms with Crippen LogP contribution in [0.1, 0.15) is 50.7 Å². The van der Waals surface area contributed by atoms with Crippen LogP contribution in [-0.2, 0) is 11.2 Å². The Morgan fingerprint density at radius 2 is 1.95 bits per heavy atom. The molecule has 0 bridgehead atoms. The van der Waals surface area contributed by atoms with Crippen molar-refractivity contribution in [1.82, 2.24) is 10.6 Å². The van der Waals surface area contributed by atoms with Gasteiger partial charge in [-0.2, -0.15) is 0 Å². The smallest absolute Gasteiger partial charge is 0.237 e. The number of halogens is 1. The van der Waals surface area contributed by atoms with E-state index in [1.807, 2.05) is 0 Å². The van der Waals surface area contributed by atoms with E-state index in [0.717, 1.165) is 25.8 Å². The fourth-order valence-corrected chi connectivity index (χ4v) is 2.69. The number of amides is 1. The third-order valence-electron chi connectivity index (χ3n) is 3.95. The summed E-state index contributed by atoms with van der Waals surface area (Å²) in [5.74, 6) is 0.711. The van der Waals surface area contributed by atoms with Gasteiger partial charge in [0, 0.05) is 6.04 Å². The van der Waals surface area contributed by atoms with Crippen LogP contribution in [0.5, 0.6) is 0 Å². The highest BCUT2D eigenvalue weighted by atomic mass is 35.5. The molecule has 1 aromatic rings. The van der Waals surface area contributed by atoms with Crippen molar-refractivity contribution in [2.45, 2.75) is 58.0 Å². The highest BCUT2D eigenvalue weighted by molar-refractivity contribution is 5.85. The second-order valence-electron chi connectivity index (χ2n) is 6.16. The van der Waals surface area contributed by atoms with Crippen LogP contribution in [0, 0.1) is 0 Å². The van der Waals surface area contributed by atoms with Gasteiger partial charge in [-0.1, -0.05) is 38.1 Å². The molecule has 2 unspecified atom stereocenters. The van der Waals surface area contributed by atoms with E-state index in [1.165, 1.54) is 11.1 Å². The molecule has 0 aliphatic carbocycles. The first-order valence-corrected chi connectivity index (χ1v) is 7.69. The second kappa shape index (κ2) is 8.40. The predicted molar refractivity (Wildman–Crippen MR) is 90.1 cm³/mol. The van der Waals surface area contributed by atoms with Crippen LogP contribution >= 0.6 is 12.4 Å². The van der Waals surface area contributed by atoms with Crippen LogP contribution in [0.25, 0.3) is 0 Å². The zero-order valence-corrected chi connectivity index (χ0v) is 14.0. The van der Waals surface area contributed by atoms with Crippen molar-refractivity contribution < 1.29 is 4.79 Å². The van der Waals surface area contributed by atoms with Gasteiger partial charge >= 0.3 is 0 Å². The van der Waals surface area contributed by atoms with E-state index < -0.39 is 0 Å². The highest BCUT2D eigenvalue weighted by Crippen LogP contribution is 2.15. The van der Waals surface area contributed by atoms with Crippen LogP contribution in [0.4, 0.5) is 0 Å². The quantitative estimate of drug-likeness (QED) is 0.877. The zero-order valence-electron chi connectivity index (χ0n) is 13.2. The zero-order chi connectivity index (χ0) is 14.5. The number of benzene rings is 1. The lowest BCUT2D eigenvalue weighted by Crippen LogP contribution is -2.44. The van der Waals surface area contributed by atoms with E-state index in [2.05, 4.69) is 55.7 Å². The Kier molecular flexibility index (Phi) is 7.20. The van der Waals surface area contributed by atoms with Gasteiger partial charge in [-0.25, -0.2) is 0 Å². The molecule has 1 aliphatic heterocycles. The van der Waals surface area contributed by atoms with Crippen molar-refractivity contribution in [3.63, 3.8) is 0 Å². The molecule has 0 radical (unpaired) electrons. The molecule has 0 aromatic heterocycles. The summed E-state index contributed by atoms with van der Waals surface area (Å²) in [6.45, 7) is 7.44. The van der Waals surface area contributed by atoms with E-state index in [0.29, 0.717) is 5.92 Å². The number of rotatable bonds is 5. The number of carbonyl (C=O) groups is 1. The average Bonchev–Trinajstić information content (AvgIpc) is 2.93. The van der Waals surface area contributed by atoms with Crippen molar-refractivity contribution >= 4 is 18.3 Å². The molecule has 1 saturated heterocycles. The molecule has 1 aliphatic rings. The third-order valence-corrected chi connectivity index (χ3v) is 3.95. The van der Waals surface area contributed by atoms with E-state index in [9.17, 15) is 4.79 Å². The van der Waals surface area contributed by atoms with Crippen LogP contribution in [0.3, 0.4) is 0 Å². The maximum absolute atomic E-state index is 12.0. The van der Waals surface area contributed by atoms with Crippen molar-refractivity contribution in [3.8, 4) is 0 Å². The Labute approximate surface area is 134 Å². The van der Waals surface area contributed by atoms with Crippen molar-refractivity contribution in [2.24, 2.45) is 0 Å². The Morgan fingerprint density at radius 1 is 1.29 bits per heavy atom. The summed E-state index contributed by atoms with van der Waals surface area (Å²) in [4.78, 5) is 12.0. The summed E-state index contributed by atoms with van der Waals surface area (Å²) >= 11 is 0. The number of hydrogen-bond acceptors (Lipinski definition) is 2. The molecule has 1 heterocycles. The fourth-order valence-electron chi connectivity index (χ4n) is 2.69. The number of hydrogen-bond donors (Lipinski definition) is 2. The standard InChI is InChI=1S/C17H26N2O.ClH/c1-12(2)15-8-6-14(7-9-15)11-13(3)19-17(20)16-5-4-10-18-16;/h6-9,12-13,16,18H,4-5,10-11H2,1-3H3,(H,19,20);1H. The van der Waals surface area contributed by atoms with Gasteiger partial charge in [0.05, 0.1) is 6.04 Å². The SMILES string of the molecule is CC(Cc1ccc(C(C)C)cc1)NC(=O)C1CCCN1.Cl. The summed E-state index contributed by atoms with van der Waals surface area (Å²) in [7, 11) is 0. The Morgan fingerprint density at radius 3 is 2.48 bits per heavy atom. The summed E-state index contributed by atoms with van der Waals surface area (Å²) < 4.78 is 0. The lowest BCUT2D eigenvalue weighted by Gasteiger charge is -2.17. The molecule has 1 aromatic carbocycles. The van der Waals surface area contributed by atoms with Gasteiger partial charge in [0.2, 0.25) is 5.91 Å². The van der Waals surface area contributed by atoms with Crippen LogP contribution in [-0.4, -0.2) is 24.5 Å². The first kappa shape index (κ1) is 18.0. The summed E-state index contributed by atoms with van der Waals surface area (Å²) in [6, 6.07) is 8.91. The Hall–Kier alpha value is -1.06. The van der Waals surface area contributed by atoms with Gasteiger partial charge in [0.1, 0.15) is 0 Å². The second-order valence-corrected chi connectivity index (χ2v) is 6.16. The predicted octanol–water partition coefficient (Wildman–Crippen LogP) is 3.03. The largest absolute Gasteiger partial charge is 0.352 e. The summed E-state index contributed by atoms with van der Waals surface area (Å²) in [5, 5.41) is 6.34. The molecular weight excluding hydrogens is 284 g/mol. The fraction of sp³-hybridized carbons (Fsp3) is 0.588. The Bertz CT molecular complexity index is 439. The van der Waals surface area contributed by atoms with Crippen LogP contribution in [0.2, 0.25) is 0 Å². The molecule has 2 rings (SSSR count). The van der Waals surface area contributed by atoms with Gasteiger partial charge in [-0.15, -0.1) is 12.4 Å². The molecular formula is C17H27ClN2O. The monoisotopic (exact) mass is 310 g/mol. The first-order chi connectivity index (χ1) is 9.56. The van der Waals surface area contributed by atoms with E-state index in [-0.39, 0.29) is 30.4 Å². The average molecular weight is 311 g/mol. The van der Waals surface area contributed by atoms with Gasteiger partial charge < -0.3 is 10.6 Å². The molecule has 0 saturated carbocycles. The maximum Gasteiger partial charge on any atom is 0.237 e. The maximum atomic E-state index is 12.0. The highest BCUT2D eigenvalue weighted by Gasteiger charge is 2.22. The molecule has 21 heavy (non-hydrogen) atoms. The third kappa shape index (κ3) is 5.33. The molecule has 2 N–H and O–H groups in total.